The van der Waals surface area contributed by atoms with Crippen LogP contribution in [-0.4, -0.2) is 22.0 Å². The number of terminal acetylenes is 1. The lowest BCUT2D eigenvalue weighted by Crippen LogP contribution is -2.25. The van der Waals surface area contributed by atoms with Crippen LogP contribution in [-0.2, 0) is 13.0 Å². The van der Waals surface area contributed by atoms with Gasteiger partial charge in [-0.3, -0.25) is 4.79 Å². The number of para-hydroxylation sites is 2. The SMILES string of the molecule is C#CCn1c(CCCNC(=O)c2ccc(C)cc2C)nc2ccccc21. The van der Waals surface area contributed by atoms with Crippen LogP contribution in [0.1, 0.15) is 33.7 Å². The molecule has 0 radical (unpaired) electrons. The highest BCUT2D eigenvalue weighted by molar-refractivity contribution is 5.95. The third-order valence-electron chi connectivity index (χ3n) is 4.47. The van der Waals surface area contributed by atoms with Crippen LogP contribution in [0.3, 0.4) is 0 Å². The first-order chi connectivity index (χ1) is 12.6. The molecular weight excluding hydrogens is 322 g/mol. The number of benzene rings is 2. The van der Waals surface area contributed by atoms with Crippen molar-refractivity contribution in [3.8, 4) is 12.3 Å². The van der Waals surface area contributed by atoms with Crippen molar-refractivity contribution in [2.24, 2.45) is 0 Å². The molecule has 1 heterocycles. The standard InChI is InChI=1S/C22H23N3O/c1-4-14-25-20-9-6-5-8-19(20)24-21(25)10-7-13-23-22(26)18-12-11-16(2)15-17(18)3/h1,5-6,8-9,11-12,15H,7,10,13-14H2,2-3H3,(H,23,26). The zero-order valence-corrected chi connectivity index (χ0v) is 15.2. The highest BCUT2D eigenvalue weighted by Crippen LogP contribution is 2.17. The summed E-state index contributed by atoms with van der Waals surface area (Å²) in [6.45, 7) is 5.09. The Morgan fingerprint density at radius 3 is 2.81 bits per heavy atom. The number of carbonyl (C=O) groups is 1. The number of nitrogens with zero attached hydrogens (tertiary/aromatic N) is 2. The monoisotopic (exact) mass is 345 g/mol. The van der Waals surface area contributed by atoms with Crippen LogP contribution in [0.4, 0.5) is 0 Å². The predicted molar refractivity (Wildman–Crippen MR) is 105 cm³/mol. The molecule has 3 aromatic rings. The molecule has 1 N–H and O–H groups in total. The second kappa shape index (κ2) is 7.88. The van der Waals surface area contributed by atoms with Gasteiger partial charge in [0.2, 0.25) is 0 Å². The number of carbonyl (C=O) groups excluding carboxylic acids is 1. The molecule has 1 amide bonds. The molecule has 0 unspecified atom stereocenters. The minimum absolute atomic E-state index is 0.0281. The highest BCUT2D eigenvalue weighted by Gasteiger charge is 2.11. The molecule has 4 nitrogen and oxygen atoms in total. The fourth-order valence-corrected chi connectivity index (χ4v) is 3.20. The van der Waals surface area contributed by atoms with Crippen LogP contribution in [0.5, 0.6) is 0 Å². The second-order valence-corrected chi connectivity index (χ2v) is 6.48. The molecular formula is C22H23N3O. The molecule has 0 aliphatic carbocycles. The van der Waals surface area contributed by atoms with Gasteiger partial charge in [-0.05, 0) is 44.0 Å². The number of hydrogen-bond acceptors (Lipinski definition) is 2. The summed E-state index contributed by atoms with van der Waals surface area (Å²) in [6.07, 6.45) is 7.09. The van der Waals surface area contributed by atoms with Gasteiger partial charge in [0.1, 0.15) is 5.82 Å². The lowest BCUT2D eigenvalue weighted by molar-refractivity contribution is 0.0952. The fraction of sp³-hybridized carbons (Fsp3) is 0.273. The van der Waals surface area contributed by atoms with Crippen LogP contribution < -0.4 is 5.32 Å². The molecule has 0 fully saturated rings. The van der Waals surface area contributed by atoms with E-state index >= 15 is 0 Å². The molecule has 4 heteroatoms. The number of rotatable bonds is 6. The van der Waals surface area contributed by atoms with Crippen LogP contribution in [0.2, 0.25) is 0 Å². The molecule has 0 saturated carbocycles. The van der Waals surface area contributed by atoms with Gasteiger partial charge in [0.25, 0.3) is 5.91 Å². The first kappa shape index (κ1) is 17.8. The minimum Gasteiger partial charge on any atom is -0.352 e. The number of nitrogens with one attached hydrogen (secondary N) is 1. The molecule has 0 saturated heterocycles. The van der Waals surface area contributed by atoms with E-state index in [1.165, 1.54) is 0 Å². The summed E-state index contributed by atoms with van der Waals surface area (Å²) in [7, 11) is 0. The van der Waals surface area contributed by atoms with E-state index in [1.54, 1.807) is 0 Å². The normalized spacial score (nSPS) is 10.7. The maximum absolute atomic E-state index is 12.3. The van der Waals surface area contributed by atoms with Crippen LogP contribution in [0, 0.1) is 26.2 Å². The van der Waals surface area contributed by atoms with E-state index in [0.29, 0.717) is 13.1 Å². The van der Waals surface area contributed by atoms with E-state index in [4.69, 9.17) is 6.42 Å². The topological polar surface area (TPSA) is 46.9 Å². The van der Waals surface area contributed by atoms with Gasteiger partial charge in [0, 0.05) is 18.5 Å². The summed E-state index contributed by atoms with van der Waals surface area (Å²) in [5.41, 5.74) is 4.90. The van der Waals surface area contributed by atoms with E-state index in [9.17, 15) is 4.79 Å². The molecule has 26 heavy (non-hydrogen) atoms. The van der Waals surface area contributed by atoms with E-state index in [2.05, 4.69) is 20.8 Å². The van der Waals surface area contributed by atoms with Crippen molar-refractivity contribution in [1.29, 1.82) is 0 Å². The fourth-order valence-electron chi connectivity index (χ4n) is 3.20. The molecule has 0 aliphatic heterocycles. The maximum Gasteiger partial charge on any atom is 0.251 e. The Bertz CT molecular complexity index is 979. The summed E-state index contributed by atoms with van der Waals surface area (Å²) in [4.78, 5) is 17.0. The van der Waals surface area contributed by atoms with Gasteiger partial charge < -0.3 is 9.88 Å². The Kier molecular flexibility index (Phi) is 5.38. The molecule has 3 rings (SSSR count). The molecule has 0 atom stereocenters. The Morgan fingerprint density at radius 1 is 1.23 bits per heavy atom. The van der Waals surface area contributed by atoms with Crippen molar-refractivity contribution in [1.82, 2.24) is 14.9 Å². The van der Waals surface area contributed by atoms with Crippen LogP contribution in [0.25, 0.3) is 11.0 Å². The number of aryl methyl sites for hydroxylation is 3. The summed E-state index contributed by atoms with van der Waals surface area (Å²) in [5.74, 6) is 3.63. The zero-order chi connectivity index (χ0) is 18.5. The van der Waals surface area contributed by atoms with Gasteiger partial charge in [-0.25, -0.2) is 4.98 Å². The van der Waals surface area contributed by atoms with E-state index in [1.807, 2.05) is 56.3 Å². The minimum atomic E-state index is -0.0281. The number of aromatic nitrogens is 2. The number of fused-ring (bicyclic) bond motifs is 1. The second-order valence-electron chi connectivity index (χ2n) is 6.48. The first-order valence-corrected chi connectivity index (χ1v) is 8.83. The Morgan fingerprint density at radius 2 is 2.04 bits per heavy atom. The zero-order valence-electron chi connectivity index (χ0n) is 15.2. The Balaban J connectivity index is 1.62. The lowest BCUT2D eigenvalue weighted by atomic mass is 10.1. The summed E-state index contributed by atoms with van der Waals surface area (Å²) < 4.78 is 2.07. The third kappa shape index (κ3) is 3.78. The van der Waals surface area contributed by atoms with E-state index < -0.39 is 0 Å². The molecule has 0 spiro atoms. The summed E-state index contributed by atoms with van der Waals surface area (Å²) in [5, 5.41) is 3.00. The smallest absolute Gasteiger partial charge is 0.251 e. The predicted octanol–water partition coefficient (Wildman–Crippen LogP) is 3.65. The molecule has 0 bridgehead atoms. The largest absolute Gasteiger partial charge is 0.352 e. The molecule has 2 aromatic carbocycles. The number of hydrogen-bond donors (Lipinski definition) is 1. The molecule has 1 aromatic heterocycles. The van der Waals surface area contributed by atoms with E-state index in [0.717, 1.165) is 46.4 Å². The molecule has 132 valence electrons. The van der Waals surface area contributed by atoms with Crippen molar-refractivity contribution in [2.45, 2.75) is 33.2 Å². The average Bonchev–Trinajstić information content (AvgIpc) is 2.97. The quantitative estimate of drug-likeness (QED) is 0.547. The summed E-state index contributed by atoms with van der Waals surface area (Å²) in [6, 6.07) is 13.9. The van der Waals surface area contributed by atoms with Gasteiger partial charge in [-0.15, -0.1) is 6.42 Å². The van der Waals surface area contributed by atoms with Crippen molar-refractivity contribution < 1.29 is 4.79 Å². The third-order valence-corrected chi connectivity index (χ3v) is 4.47. The van der Waals surface area contributed by atoms with Crippen molar-refractivity contribution in [3.63, 3.8) is 0 Å². The van der Waals surface area contributed by atoms with Gasteiger partial charge in [0.05, 0.1) is 17.6 Å². The lowest BCUT2D eigenvalue weighted by Gasteiger charge is -2.09. The highest BCUT2D eigenvalue weighted by atomic mass is 16.1. The Hall–Kier alpha value is -3.06. The van der Waals surface area contributed by atoms with Crippen molar-refractivity contribution in [3.05, 3.63) is 65.0 Å². The van der Waals surface area contributed by atoms with Gasteiger partial charge in [0.15, 0.2) is 0 Å². The van der Waals surface area contributed by atoms with Gasteiger partial charge in [-0.2, -0.15) is 0 Å². The maximum atomic E-state index is 12.3. The number of amides is 1. The summed E-state index contributed by atoms with van der Waals surface area (Å²) >= 11 is 0. The van der Waals surface area contributed by atoms with Gasteiger partial charge >= 0.3 is 0 Å². The Labute approximate surface area is 154 Å². The first-order valence-electron chi connectivity index (χ1n) is 8.83. The average molecular weight is 345 g/mol. The van der Waals surface area contributed by atoms with E-state index in [-0.39, 0.29) is 5.91 Å². The van der Waals surface area contributed by atoms with Crippen LogP contribution in [0.15, 0.2) is 42.5 Å². The van der Waals surface area contributed by atoms with Gasteiger partial charge in [-0.1, -0.05) is 35.7 Å². The van der Waals surface area contributed by atoms with Crippen molar-refractivity contribution >= 4 is 16.9 Å². The number of imidazole rings is 1. The van der Waals surface area contributed by atoms with Crippen LogP contribution >= 0.6 is 0 Å². The van der Waals surface area contributed by atoms with Crippen molar-refractivity contribution in [2.75, 3.05) is 6.54 Å². The molecule has 0 aliphatic rings.